The Morgan fingerprint density at radius 1 is 1.52 bits per heavy atom. The first kappa shape index (κ1) is 16.0. The van der Waals surface area contributed by atoms with E-state index in [-0.39, 0.29) is 18.2 Å². The monoisotopic (exact) mass is 338 g/mol. The van der Waals surface area contributed by atoms with Gasteiger partial charge in [-0.25, -0.2) is 0 Å². The number of hydrogen-bond donors (Lipinski definition) is 1. The second kappa shape index (κ2) is 7.04. The van der Waals surface area contributed by atoms with Gasteiger partial charge >= 0.3 is 0 Å². The van der Waals surface area contributed by atoms with E-state index < -0.39 is 0 Å². The molecule has 0 spiro atoms. The summed E-state index contributed by atoms with van der Waals surface area (Å²) in [5, 5.41) is 13.6. The van der Waals surface area contributed by atoms with E-state index >= 15 is 0 Å². The Balaban J connectivity index is 2.50. The third-order valence-electron chi connectivity index (χ3n) is 3.06. The Morgan fingerprint density at radius 3 is 2.95 bits per heavy atom. The maximum absolute atomic E-state index is 11.9. The van der Waals surface area contributed by atoms with Crippen molar-refractivity contribution in [3.05, 3.63) is 57.1 Å². The fourth-order valence-corrected chi connectivity index (χ4v) is 3.38. The molecule has 1 aromatic rings. The second-order valence-electron chi connectivity index (χ2n) is 4.40. The third kappa shape index (κ3) is 3.44. The van der Waals surface area contributed by atoms with Crippen molar-refractivity contribution in [2.45, 2.75) is 12.3 Å². The van der Waals surface area contributed by atoms with Gasteiger partial charge in [0.2, 0.25) is 5.91 Å². The molecule has 1 atom stereocenters. The summed E-state index contributed by atoms with van der Waals surface area (Å²) in [5.41, 5.74) is 1.21. The van der Waals surface area contributed by atoms with Gasteiger partial charge in [-0.2, -0.15) is 5.26 Å². The fourth-order valence-electron chi connectivity index (χ4n) is 2.13. The van der Waals surface area contributed by atoms with E-state index in [1.165, 1.54) is 11.8 Å². The van der Waals surface area contributed by atoms with Gasteiger partial charge in [0.05, 0.1) is 26.7 Å². The number of nitrogens with one attached hydrogen (secondary N) is 1. The standard InChI is InChI=1S/C15H12Cl2N2OS/c1-2-6-21-15-11(8-18)10(7-13(20)19-15)9-4-3-5-12(16)14(9)17/h2-5,10H,1,6-7H2,(H,19,20). The average Bonchev–Trinajstić information content (AvgIpc) is 2.47. The van der Waals surface area contributed by atoms with Gasteiger partial charge in [0.1, 0.15) is 0 Å². The van der Waals surface area contributed by atoms with Crippen molar-refractivity contribution in [2.24, 2.45) is 0 Å². The molecule has 0 saturated heterocycles. The highest BCUT2D eigenvalue weighted by Crippen LogP contribution is 2.40. The summed E-state index contributed by atoms with van der Waals surface area (Å²) in [6.45, 7) is 3.64. The normalized spacial score (nSPS) is 18.1. The Bertz CT molecular complexity index is 664. The van der Waals surface area contributed by atoms with Gasteiger partial charge in [-0.1, -0.05) is 41.4 Å². The number of thioether (sulfide) groups is 1. The maximum atomic E-state index is 11.9. The van der Waals surface area contributed by atoms with Crippen LogP contribution in [0.1, 0.15) is 17.9 Å². The quantitative estimate of drug-likeness (QED) is 0.835. The molecule has 1 unspecified atom stereocenters. The number of hydrogen-bond acceptors (Lipinski definition) is 3. The van der Waals surface area contributed by atoms with Gasteiger partial charge in [0, 0.05) is 18.1 Å². The molecule has 6 heteroatoms. The van der Waals surface area contributed by atoms with Crippen LogP contribution >= 0.6 is 35.0 Å². The second-order valence-corrected chi connectivity index (χ2v) is 6.22. The molecule has 1 aliphatic rings. The van der Waals surface area contributed by atoms with Crippen LogP contribution in [0.5, 0.6) is 0 Å². The molecule has 0 bridgehead atoms. The minimum absolute atomic E-state index is 0.137. The van der Waals surface area contributed by atoms with E-state index in [0.717, 1.165) is 0 Å². The molecule has 1 heterocycles. The van der Waals surface area contributed by atoms with Crippen LogP contribution in [0.25, 0.3) is 0 Å². The lowest BCUT2D eigenvalue weighted by atomic mass is 9.87. The lowest BCUT2D eigenvalue weighted by Crippen LogP contribution is -2.31. The van der Waals surface area contributed by atoms with Crippen LogP contribution in [0.4, 0.5) is 0 Å². The highest BCUT2D eigenvalue weighted by atomic mass is 35.5. The Hall–Kier alpha value is -1.41. The Morgan fingerprint density at radius 2 is 2.29 bits per heavy atom. The van der Waals surface area contributed by atoms with Crippen LogP contribution in [0, 0.1) is 11.3 Å². The molecular formula is C15H12Cl2N2OS. The predicted molar refractivity (Wildman–Crippen MR) is 87.3 cm³/mol. The summed E-state index contributed by atoms with van der Waals surface area (Å²) < 4.78 is 0. The lowest BCUT2D eigenvalue weighted by Gasteiger charge is -2.25. The topological polar surface area (TPSA) is 52.9 Å². The molecule has 1 aliphatic heterocycles. The fraction of sp³-hybridized carbons (Fsp3) is 0.200. The average molecular weight is 339 g/mol. The van der Waals surface area contributed by atoms with Crippen LogP contribution < -0.4 is 5.32 Å². The van der Waals surface area contributed by atoms with Crippen molar-refractivity contribution in [3.8, 4) is 6.07 Å². The molecule has 0 aliphatic carbocycles. The maximum Gasteiger partial charge on any atom is 0.225 e. The molecule has 2 rings (SSSR count). The Labute approximate surface area is 137 Å². The summed E-state index contributed by atoms with van der Waals surface area (Å²) in [4.78, 5) is 11.9. The van der Waals surface area contributed by atoms with Gasteiger partial charge in [0.25, 0.3) is 0 Å². The molecule has 0 radical (unpaired) electrons. The SMILES string of the molecule is C=CCSC1=C(C#N)C(c2cccc(Cl)c2Cl)CC(=O)N1. The van der Waals surface area contributed by atoms with E-state index in [2.05, 4.69) is 18.0 Å². The molecule has 21 heavy (non-hydrogen) atoms. The zero-order valence-corrected chi connectivity index (χ0v) is 13.4. The molecule has 1 N–H and O–H groups in total. The third-order valence-corrected chi connectivity index (χ3v) is 4.90. The van der Waals surface area contributed by atoms with Crippen LogP contribution in [-0.4, -0.2) is 11.7 Å². The molecule has 1 amide bonds. The largest absolute Gasteiger partial charge is 0.320 e. The van der Waals surface area contributed by atoms with E-state index in [1.807, 2.05) is 0 Å². The number of nitriles is 1. The Kier molecular flexibility index (Phi) is 5.35. The van der Waals surface area contributed by atoms with Crippen molar-refractivity contribution < 1.29 is 4.79 Å². The van der Waals surface area contributed by atoms with Gasteiger partial charge in [-0.3, -0.25) is 4.79 Å². The van der Waals surface area contributed by atoms with E-state index in [1.54, 1.807) is 24.3 Å². The molecular weight excluding hydrogens is 327 g/mol. The van der Waals surface area contributed by atoms with Crippen LogP contribution in [0.2, 0.25) is 10.0 Å². The number of nitrogens with zero attached hydrogens (tertiary/aromatic N) is 1. The summed E-state index contributed by atoms with van der Waals surface area (Å²) >= 11 is 13.6. The van der Waals surface area contributed by atoms with Gasteiger partial charge in [-0.15, -0.1) is 18.3 Å². The van der Waals surface area contributed by atoms with Crippen molar-refractivity contribution >= 4 is 40.9 Å². The summed E-state index contributed by atoms with van der Waals surface area (Å²) in [6, 6.07) is 7.43. The van der Waals surface area contributed by atoms with Crippen LogP contribution in [-0.2, 0) is 4.79 Å². The molecule has 0 saturated carbocycles. The molecule has 3 nitrogen and oxygen atoms in total. The van der Waals surface area contributed by atoms with Crippen molar-refractivity contribution in [3.63, 3.8) is 0 Å². The number of carbonyl (C=O) groups is 1. The van der Waals surface area contributed by atoms with Crippen molar-refractivity contribution in [1.29, 1.82) is 5.26 Å². The highest BCUT2D eigenvalue weighted by Gasteiger charge is 2.31. The first-order valence-electron chi connectivity index (χ1n) is 6.20. The summed E-state index contributed by atoms with van der Waals surface area (Å²) in [6.07, 6.45) is 1.90. The molecule has 1 aromatic carbocycles. The first-order valence-corrected chi connectivity index (χ1v) is 7.94. The number of benzene rings is 1. The van der Waals surface area contributed by atoms with E-state index in [0.29, 0.717) is 32.0 Å². The molecule has 0 fully saturated rings. The number of amides is 1. The van der Waals surface area contributed by atoms with Crippen LogP contribution in [0.15, 0.2) is 41.5 Å². The van der Waals surface area contributed by atoms with Crippen molar-refractivity contribution in [1.82, 2.24) is 5.32 Å². The lowest BCUT2D eigenvalue weighted by molar-refractivity contribution is -0.120. The number of allylic oxidation sites excluding steroid dienone is 1. The van der Waals surface area contributed by atoms with Crippen LogP contribution in [0.3, 0.4) is 0 Å². The van der Waals surface area contributed by atoms with Gasteiger partial charge < -0.3 is 5.32 Å². The highest BCUT2D eigenvalue weighted by molar-refractivity contribution is 8.03. The number of rotatable bonds is 4. The summed E-state index contributed by atoms with van der Waals surface area (Å²) in [7, 11) is 0. The first-order chi connectivity index (χ1) is 10.1. The number of halogens is 2. The van der Waals surface area contributed by atoms with E-state index in [4.69, 9.17) is 23.2 Å². The minimum atomic E-state index is -0.373. The zero-order valence-electron chi connectivity index (χ0n) is 11.0. The number of carbonyl (C=O) groups excluding carboxylic acids is 1. The zero-order chi connectivity index (χ0) is 15.4. The molecule has 0 aromatic heterocycles. The smallest absolute Gasteiger partial charge is 0.225 e. The van der Waals surface area contributed by atoms with Gasteiger partial charge in [-0.05, 0) is 11.6 Å². The van der Waals surface area contributed by atoms with Gasteiger partial charge in [0.15, 0.2) is 0 Å². The van der Waals surface area contributed by atoms with E-state index in [9.17, 15) is 10.1 Å². The molecule has 108 valence electrons. The van der Waals surface area contributed by atoms with Crippen molar-refractivity contribution in [2.75, 3.05) is 5.75 Å². The minimum Gasteiger partial charge on any atom is -0.320 e. The predicted octanol–water partition coefficient (Wildman–Crippen LogP) is 4.25. The summed E-state index contributed by atoms with van der Waals surface area (Å²) in [5.74, 6) is 0.0976.